The van der Waals surface area contributed by atoms with Crippen molar-refractivity contribution in [3.8, 4) is 23.3 Å². The predicted molar refractivity (Wildman–Crippen MR) is 64.6 cm³/mol. The van der Waals surface area contributed by atoms with Gasteiger partial charge in [0.15, 0.2) is 0 Å². The van der Waals surface area contributed by atoms with Crippen LogP contribution in [0.2, 0.25) is 0 Å². The minimum Gasteiger partial charge on any atom is -0.397 e. The van der Waals surface area contributed by atoms with Gasteiger partial charge in [-0.1, -0.05) is 28.1 Å². The molecule has 0 saturated heterocycles. The van der Waals surface area contributed by atoms with Gasteiger partial charge in [0.2, 0.25) is 0 Å². The van der Waals surface area contributed by atoms with Crippen molar-refractivity contribution in [2.45, 2.75) is 0 Å². The fraction of sp³-hybridized carbons (Fsp3) is 0. The largest absolute Gasteiger partial charge is 0.397 e. The first-order valence-corrected chi connectivity index (χ1v) is 5.29. The van der Waals surface area contributed by atoms with Crippen LogP contribution < -0.4 is 5.73 Å². The Kier molecular flexibility index (Phi) is 2.52. The zero-order valence-electron chi connectivity index (χ0n) is 8.16. The van der Waals surface area contributed by atoms with E-state index in [2.05, 4.69) is 15.9 Å². The first kappa shape index (κ1) is 10.5. The SMILES string of the molecule is N#Cc1c2ccc(Br)ccc-2c(C#N)c1N. The van der Waals surface area contributed by atoms with Crippen LogP contribution in [0.1, 0.15) is 11.1 Å². The van der Waals surface area contributed by atoms with Crippen molar-refractivity contribution in [1.82, 2.24) is 0 Å². The summed E-state index contributed by atoms with van der Waals surface area (Å²) in [5, 5.41) is 18.1. The maximum atomic E-state index is 9.03. The van der Waals surface area contributed by atoms with Crippen molar-refractivity contribution in [2.75, 3.05) is 5.73 Å². The molecule has 0 bridgehead atoms. The molecule has 2 aliphatic rings. The summed E-state index contributed by atoms with van der Waals surface area (Å²) >= 11 is 3.34. The smallest absolute Gasteiger partial charge is 0.102 e. The minimum absolute atomic E-state index is 0.266. The number of hydrogen-bond donors (Lipinski definition) is 1. The number of nitrogens with zero attached hydrogens (tertiary/aromatic N) is 2. The molecule has 2 aliphatic carbocycles. The molecular formula is C12H6BrN3. The van der Waals surface area contributed by atoms with Crippen molar-refractivity contribution < 1.29 is 0 Å². The Morgan fingerprint density at radius 3 is 1.75 bits per heavy atom. The quantitative estimate of drug-likeness (QED) is 0.801. The van der Waals surface area contributed by atoms with Crippen LogP contribution in [0.15, 0.2) is 28.7 Å². The van der Waals surface area contributed by atoms with Crippen LogP contribution in [-0.4, -0.2) is 0 Å². The molecule has 0 amide bonds. The van der Waals surface area contributed by atoms with Gasteiger partial charge in [0.1, 0.15) is 12.1 Å². The topological polar surface area (TPSA) is 73.6 Å². The molecule has 0 aromatic carbocycles. The highest BCUT2D eigenvalue weighted by Gasteiger charge is 2.20. The van der Waals surface area contributed by atoms with Crippen molar-refractivity contribution in [3.05, 3.63) is 39.9 Å². The third-order valence-electron chi connectivity index (χ3n) is 2.41. The van der Waals surface area contributed by atoms with Gasteiger partial charge >= 0.3 is 0 Å². The molecule has 2 N–H and O–H groups in total. The lowest BCUT2D eigenvalue weighted by Gasteiger charge is -1.90. The number of nitrogen functional groups attached to an aromatic ring is 1. The van der Waals surface area contributed by atoms with E-state index in [0.29, 0.717) is 22.3 Å². The Hall–Kier alpha value is -2.04. The van der Waals surface area contributed by atoms with E-state index >= 15 is 0 Å². The van der Waals surface area contributed by atoms with Gasteiger partial charge in [0.05, 0.1) is 16.8 Å². The monoisotopic (exact) mass is 271 g/mol. The Balaban J connectivity index is 2.93. The molecule has 0 saturated carbocycles. The molecule has 0 radical (unpaired) electrons. The van der Waals surface area contributed by atoms with Gasteiger partial charge in [-0.25, -0.2) is 0 Å². The first-order valence-electron chi connectivity index (χ1n) is 4.50. The molecule has 0 heterocycles. The van der Waals surface area contributed by atoms with E-state index in [-0.39, 0.29) is 5.69 Å². The van der Waals surface area contributed by atoms with Crippen LogP contribution in [0.3, 0.4) is 0 Å². The highest BCUT2D eigenvalue weighted by molar-refractivity contribution is 9.10. The van der Waals surface area contributed by atoms with Gasteiger partial charge in [0.25, 0.3) is 0 Å². The Bertz CT molecular complexity index is 568. The zero-order chi connectivity index (χ0) is 11.7. The fourth-order valence-corrected chi connectivity index (χ4v) is 1.92. The van der Waals surface area contributed by atoms with Crippen LogP contribution in [0.5, 0.6) is 0 Å². The van der Waals surface area contributed by atoms with Gasteiger partial charge < -0.3 is 5.73 Å². The zero-order valence-corrected chi connectivity index (χ0v) is 9.75. The molecule has 3 nitrogen and oxygen atoms in total. The predicted octanol–water partition coefficient (Wildman–Crippen LogP) is 2.88. The van der Waals surface area contributed by atoms with Gasteiger partial charge in [-0.3, -0.25) is 0 Å². The van der Waals surface area contributed by atoms with Crippen molar-refractivity contribution in [1.29, 1.82) is 10.5 Å². The maximum absolute atomic E-state index is 9.03. The normalized spacial score (nSPS) is 9.69. The summed E-state index contributed by atoms with van der Waals surface area (Å²) in [5.74, 6) is 0. The molecule has 76 valence electrons. The lowest BCUT2D eigenvalue weighted by molar-refractivity contribution is 1.49. The number of anilines is 1. The standard InChI is InChI=1S/C12H6BrN3/c13-7-1-3-8-9(4-2-7)11(6-15)12(16)10(8)5-14/h1-4H,16H2. The average Bonchev–Trinajstić information content (AvgIpc) is 2.41. The summed E-state index contributed by atoms with van der Waals surface area (Å²) in [5.41, 5.74) is 8.19. The Labute approximate surface area is 101 Å². The minimum atomic E-state index is 0.266. The third kappa shape index (κ3) is 1.41. The molecule has 0 fully saturated rings. The summed E-state index contributed by atoms with van der Waals surface area (Å²) < 4.78 is 0.884. The van der Waals surface area contributed by atoms with E-state index in [4.69, 9.17) is 16.3 Å². The number of nitrogens with two attached hydrogens (primary N) is 1. The molecule has 0 aliphatic heterocycles. The van der Waals surface area contributed by atoms with Gasteiger partial charge in [-0.2, -0.15) is 10.5 Å². The number of rotatable bonds is 0. The second-order valence-electron chi connectivity index (χ2n) is 3.27. The molecular weight excluding hydrogens is 266 g/mol. The molecule has 0 aromatic rings. The van der Waals surface area contributed by atoms with E-state index in [1.807, 2.05) is 24.3 Å². The average molecular weight is 272 g/mol. The lowest BCUT2D eigenvalue weighted by Crippen LogP contribution is -1.87. The number of fused-ring (bicyclic) bond motifs is 1. The molecule has 0 atom stereocenters. The highest BCUT2D eigenvalue weighted by atomic mass is 79.9. The fourth-order valence-electron chi connectivity index (χ4n) is 1.65. The molecule has 0 spiro atoms. The number of nitriles is 2. The van der Waals surface area contributed by atoms with E-state index in [0.717, 1.165) is 4.47 Å². The molecule has 0 aromatic heterocycles. The van der Waals surface area contributed by atoms with Crippen molar-refractivity contribution >= 4 is 21.6 Å². The Morgan fingerprint density at radius 2 is 1.38 bits per heavy atom. The van der Waals surface area contributed by atoms with E-state index in [1.165, 1.54) is 0 Å². The summed E-state index contributed by atoms with van der Waals surface area (Å²) in [7, 11) is 0. The Morgan fingerprint density at radius 1 is 0.938 bits per heavy atom. The lowest BCUT2D eigenvalue weighted by atomic mass is 10.1. The van der Waals surface area contributed by atoms with E-state index in [1.54, 1.807) is 12.1 Å². The first-order chi connectivity index (χ1) is 7.69. The van der Waals surface area contributed by atoms with Crippen LogP contribution >= 0.6 is 15.9 Å². The highest BCUT2D eigenvalue weighted by Crippen LogP contribution is 2.37. The van der Waals surface area contributed by atoms with Crippen LogP contribution in [-0.2, 0) is 0 Å². The van der Waals surface area contributed by atoms with Crippen LogP contribution in [0, 0.1) is 22.7 Å². The molecule has 2 rings (SSSR count). The van der Waals surface area contributed by atoms with Crippen molar-refractivity contribution in [3.63, 3.8) is 0 Å². The van der Waals surface area contributed by atoms with Gasteiger partial charge in [-0.05, 0) is 12.1 Å². The third-order valence-corrected chi connectivity index (χ3v) is 2.94. The molecule has 4 heteroatoms. The number of halogens is 1. The molecule has 16 heavy (non-hydrogen) atoms. The van der Waals surface area contributed by atoms with Gasteiger partial charge in [-0.15, -0.1) is 0 Å². The van der Waals surface area contributed by atoms with E-state index < -0.39 is 0 Å². The van der Waals surface area contributed by atoms with Crippen molar-refractivity contribution in [2.24, 2.45) is 0 Å². The molecule has 0 unspecified atom stereocenters. The number of hydrogen-bond acceptors (Lipinski definition) is 3. The second kappa shape index (κ2) is 3.84. The van der Waals surface area contributed by atoms with Crippen LogP contribution in [0.4, 0.5) is 5.69 Å². The van der Waals surface area contributed by atoms with Crippen LogP contribution in [0.25, 0.3) is 11.1 Å². The maximum Gasteiger partial charge on any atom is 0.102 e. The summed E-state index contributed by atoms with van der Waals surface area (Å²) in [4.78, 5) is 0. The summed E-state index contributed by atoms with van der Waals surface area (Å²) in [6, 6.07) is 11.3. The summed E-state index contributed by atoms with van der Waals surface area (Å²) in [6.07, 6.45) is 0. The van der Waals surface area contributed by atoms with Gasteiger partial charge in [0, 0.05) is 15.6 Å². The summed E-state index contributed by atoms with van der Waals surface area (Å²) in [6.45, 7) is 0. The second-order valence-corrected chi connectivity index (χ2v) is 4.18. The van der Waals surface area contributed by atoms with E-state index in [9.17, 15) is 0 Å².